The third kappa shape index (κ3) is 9.88. The molecular formula is C30H48N2. The molecule has 0 heterocycles. The van der Waals surface area contributed by atoms with E-state index in [0.29, 0.717) is 0 Å². The van der Waals surface area contributed by atoms with Crippen molar-refractivity contribution in [2.45, 2.75) is 92.2 Å². The zero-order chi connectivity index (χ0) is 23.0. The molecule has 0 aliphatic rings. The molecule has 0 saturated heterocycles. The van der Waals surface area contributed by atoms with Crippen molar-refractivity contribution in [3.63, 3.8) is 0 Å². The minimum atomic E-state index is 1.07. The van der Waals surface area contributed by atoms with Crippen LogP contribution in [0, 0.1) is 0 Å². The van der Waals surface area contributed by atoms with Gasteiger partial charge in [-0.15, -0.1) is 0 Å². The molecule has 0 unspecified atom stereocenters. The van der Waals surface area contributed by atoms with Gasteiger partial charge in [0.2, 0.25) is 0 Å². The van der Waals surface area contributed by atoms with Crippen LogP contribution in [-0.4, -0.2) is 36.0 Å². The van der Waals surface area contributed by atoms with E-state index in [1.54, 1.807) is 0 Å². The molecule has 2 heteroatoms. The first kappa shape index (κ1) is 26.6. The predicted molar refractivity (Wildman–Crippen MR) is 142 cm³/mol. The Morgan fingerprint density at radius 3 is 0.969 bits per heavy atom. The van der Waals surface area contributed by atoms with E-state index in [1.807, 2.05) is 0 Å². The van der Waals surface area contributed by atoms with E-state index in [1.165, 1.54) is 99.8 Å². The van der Waals surface area contributed by atoms with Gasteiger partial charge in [-0.25, -0.2) is 0 Å². The SMILES string of the molecule is CCCCN(CCCC)Cc1ccc(-c2ccc(CN(CCCC)CCCC)cc2)cc1. The van der Waals surface area contributed by atoms with Gasteiger partial charge in [-0.05, 0) is 74.1 Å². The molecule has 0 bridgehead atoms. The smallest absolute Gasteiger partial charge is 0.0233 e. The number of rotatable bonds is 17. The van der Waals surface area contributed by atoms with Crippen molar-refractivity contribution < 1.29 is 0 Å². The fourth-order valence-corrected chi connectivity index (χ4v) is 4.19. The third-order valence-corrected chi connectivity index (χ3v) is 6.37. The van der Waals surface area contributed by atoms with Gasteiger partial charge in [0.05, 0.1) is 0 Å². The predicted octanol–water partition coefficient (Wildman–Crippen LogP) is 8.16. The minimum Gasteiger partial charge on any atom is -0.299 e. The molecule has 2 aromatic carbocycles. The quantitative estimate of drug-likeness (QED) is 0.247. The lowest BCUT2D eigenvalue weighted by molar-refractivity contribution is 0.257. The summed E-state index contributed by atoms with van der Waals surface area (Å²) in [5, 5.41) is 0. The Bertz CT molecular complexity index is 625. The van der Waals surface area contributed by atoms with Crippen molar-refractivity contribution in [3.8, 4) is 11.1 Å². The van der Waals surface area contributed by atoms with Crippen molar-refractivity contribution in [1.82, 2.24) is 9.80 Å². The highest BCUT2D eigenvalue weighted by atomic mass is 15.1. The fourth-order valence-electron chi connectivity index (χ4n) is 4.19. The maximum Gasteiger partial charge on any atom is 0.0233 e. The molecule has 2 nitrogen and oxygen atoms in total. The number of nitrogens with zero attached hydrogens (tertiary/aromatic N) is 2. The molecule has 0 spiro atoms. The first-order valence-corrected chi connectivity index (χ1v) is 13.3. The average Bonchev–Trinajstić information content (AvgIpc) is 2.83. The summed E-state index contributed by atoms with van der Waals surface area (Å²) >= 11 is 0. The number of unbranched alkanes of at least 4 members (excludes halogenated alkanes) is 4. The van der Waals surface area contributed by atoms with Crippen LogP contribution in [0.2, 0.25) is 0 Å². The maximum absolute atomic E-state index is 2.62. The molecule has 0 aromatic heterocycles. The van der Waals surface area contributed by atoms with Gasteiger partial charge in [-0.3, -0.25) is 9.80 Å². The molecule has 2 aromatic rings. The molecule has 0 radical (unpaired) electrons. The van der Waals surface area contributed by atoms with Gasteiger partial charge in [-0.1, -0.05) is 102 Å². The van der Waals surface area contributed by atoms with E-state index in [0.717, 1.165) is 13.1 Å². The van der Waals surface area contributed by atoms with E-state index in [4.69, 9.17) is 0 Å². The second-order valence-corrected chi connectivity index (χ2v) is 9.36. The minimum absolute atomic E-state index is 1.07. The summed E-state index contributed by atoms with van der Waals surface area (Å²) in [6.07, 6.45) is 10.3. The number of hydrogen-bond acceptors (Lipinski definition) is 2. The molecule has 178 valence electrons. The van der Waals surface area contributed by atoms with Crippen LogP contribution in [0.3, 0.4) is 0 Å². The molecule has 0 saturated carbocycles. The molecule has 0 aliphatic carbocycles. The lowest BCUT2D eigenvalue weighted by Crippen LogP contribution is -2.25. The highest BCUT2D eigenvalue weighted by molar-refractivity contribution is 5.63. The second-order valence-electron chi connectivity index (χ2n) is 9.36. The van der Waals surface area contributed by atoms with Crippen LogP contribution in [0.5, 0.6) is 0 Å². The number of hydrogen-bond donors (Lipinski definition) is 0. The van der Waals surface area contributed by atoms with E-state index in [-0.39, 0.29) is 0 Å². The lowest BCUT2D eigenvalue weighted by atomic mass is 10.0. The number of benzene rings is 2. The molecule has 32 heavy (non-hydrogen) atoms. The largest absolute Gasteiger partial charge is 0.299 e. The van der Waals surface area contributed by atoms with E-state index in [9.17, 15) is 0 Å². The van der Waals surface area contributed by atoms with Crippen LogP contribution >= 0.6 is 0 Å². The lowest BCUT2D eigenvalue weighted by Gasteiger charge is -2.22. The Morgan fingerprint density at radius 2 is 0.719 bits per heavy atom. The van der Waals surface area contributed by atoms with E-state index < -0.39 is 0 Å². The van der Waals surface area contributed by atoms with Gasteiger partial charge in [-0.2, -0.15) is 0 Å². The monoisotopic (exact) mass is 436 g/mol. The molecule has 0 aliphatic heterocycles. The van der Waals surface area contributed by atoms with E-state index in [2.05, 4.69) is 86.0 Å². The van der Waals surface area contributed by atoms with Crippen LogP contribution in [0.4, 0.5) is 0 Å². The van der Waals surface area contributed by atoms with Crippen LogP contribution < -0.4 is 0 Å². The molecular weight excluding hydrogens is 388 g/mol. The molecule has 0 atom stereocenters. The highest BCUT2D eigenvalue weighted by Gasteiger charge is 2.08. The van der Waals surface area contributed by atoms with Crippen LogP contribution in [-0.2, 0) is 13.1 Å². The summed E-state index contributed by atoms with van der Waals surface area (Å²) in [5.41, 5.74) is 5.51. The van der Waals surface area contributed by atoms with Gasteiger partial charge >= 0.3 is 0 Å². The van der Waals surface area contributed by atoms with Crippen molar-refractivity contribution in [2.75, 3.05) is 26.2 Å². The maximum atomic E-state index is 2.62. The van der Waals surface area contributed by atoms with Gasteiger partial charge in [0.25, 0.3) is 0 Å². The fraction of sp³-hybridized carbons (Fsp3) is 0.600. The molecule has 2 rings (SSSR count). The standard InChI is InChI=1S/C30H48N2/c1-5-9-21-31(22-10-6-2)25-27-13-17-29(18-14-27)30-19-15-28(16-20-30)26-32(23-11-7-3)24-12-8-4/h13-20H,5-12,21-26H2,1-4H3. The van der Waals surface area contributed by atoms with Gasteiger partial charge in [0.15, 0.2) is 0 Å². The van der Waals surface area contributed by atoms with Crippen LogP contribution in [0.1, 0.15) is 90.2 Å². The van der Waals surface area contributed by atoms with Gasteiger partial charge < -0.3 is 0 Å². The molecule has 0 N–H and O–H groups in total. The topological polar surface area (TPSA) is 6.48 Å². The summed E-state index contributed by atoms with van der Waals surface area (Å²) in [6.45, 7) is 16.1. The Morgan fingerprint density at radius 1 is 0.438 bits per heavy atom. The normalized spacial score (nSPS) is 11.6. The average molecular weight is 437 g/mol. The zero-order valence-electron chi connectivity index (χ0n) is 21.4. The van der Waals surface area contributed by atoms with Crippen molar-refractivity contribution in [1.29, 1.82) is 0 Å². The second kappa shape index (κ2) is 16.0. The Balaban J connectivity index is 1.96. The van der Waals surface area contributed by atoms with Crippen LogP contribution in [0.25, 0.3) is 11.1 Å². The van der Waals surface area contributed by atoms with Crippen LogP contribution in [0.15, 0.2) is 48.5 Å². The summed E-state index contributed by atoms with van der Waals surface area (Å²) in [7, 11) is 0. The van der Waals surface area contributed by atoms with Crippen molar-refractivity contribution in [3.05, 3.63) is 59.7 Å². The molecule has 0 amide bonds. The first-order valence-electron chi connectivity index (χ1n) is 13.3. The van der Waals surface area contributed by atoms with Crippen molar-refractivity contribution in [2.24, 2.45) is 0 Å². The Hall–Kier alpha value is -1.64. The summed E-state index contributed by atoms with van der Waals surface area (Å²) in [6, 6.07) is 18.5. The van der Waals surface area contributed by atoms with Gasteiger partial charge in [0.1, 0.15) is 0 Å². The molecule has 0 fully saturated rings. The van der Waals surface area contributed by atoms with Gasteiger partial charge in [0, 0.05) is 13.1 Å². The first-order chi connectivity index (χ1) is 15.7. The highest BCUT2D eigenvalue weighted by Crippen LogP contribution is 2.22. The van der Waals surface area contributed by atoms with Crippen molar-refractivity contribution >= 4 is 0 Å². The zero-order valence-corrected chi connectivity index (χ0v) is 21.4. The summed E-state index contributed by atoms with van der Waals surface area (Å²) in [5.74, 6) is 0. The van der Waals surface area contributed by atoms with E-state index >= 15 is 0 Å². The summed E-state index contributed by atoms with van der Waals surface area (Å²) < 4.78 is 0. The third-order valence-electron chi connectivity index (χ3n) is 6.37. The summed E-state index contributed by atoms with van der Waals surface area (Å²) in [4.78, 5) is 5.25. The Kier molecular flexibility index (Phi) is 13.3. The Labute approximate surface area is 199 Å².